The fourth-order valence-corrected chi connectivity index (χ4v) is 10.3. The number of rotatable bonds is 4. The maximum absolute atomic E-state index is 11.6. The molecule has 2 aromatic heterocycles. The molecule has 10 rings (SSSR count). The number of benzene rings is 8. The first-order valence-corrected chi connectivity index (χ1v) is 21.2. The largest absolute Gasteiger partial charge is 0.506 e. The Labute approximate surface area is 364 Å². The van der Waals surface area contributed by atoms with Crippen LogP contribution in [0.25, 0.3) is 87.7 Å². The Balaban J connectivity index is 0.000000150. The van der Waals surface area contributed by atoms with Crippen molar-refractivity contribution in [3.05, 3.63) is 149 Å². The van der Waals surface area contributed by atoms with Gasteiger partial charge in [-0.1, -0.05) is 97.1 Å². The van der Waals surface area contributed by atoms with Crippen molar-refractivity contribution in [1.29, 1.82) is 0 Å². The third-order valence-corrected chi connectivity index (χ3v) is 14.3. The van der Waals surface area contributed by atoms with Crippen molar-refractivity contribution in [2.75, 3.05) is 0 Å². The van der Waals surface area contributed by atoms with Crippen LogP contribution in [0, 0.1) is 13.8 Å². The number of halogens is 4. The van der Waals surface area contributed by atoms with E-state index in [2.05, 4.69) is 75.9 Å². The molecule has 0 aliphatic rings. The first-order valence-electron chi connectivity index (χ1n) is 18.0. The molecule has 2 N–H and O–H groups in total. The lowest BCUT2D eigenvalue weighted by atomic mass is 9.97. The van der Waals surface area contributed by atoms with E-state index in [0.717, 1.165) is 94.0 Å². The summed E-state index contributed by atoms with van der Waals surface area (Å²) >= 11 is 14.8. The third kappa shape index (κ3) is 5.83. The van der Waals surface area contributed by atoms with Crippen LogP contribution in [0.4, 0.5) is 0 Å². The molecule has 6 nitrogen and oxygen atoms in total. The highest BCUT2D eigenvalue weighted by molar-refractivity contribution is 9.11. The van der Waals surface area contributed by atoms with E-state index in [1.54, 1.807) is 12.1 Å². The Hall–Kier alpha value is -5.26. The van der Waals surface area contributed by atoms with Crippen LogP contribution in [-0.2, 0) is 0 Å². The van der Waals surface area contributed by atoms with E-state index < -0.39 is 0 Å². The molecule has 0 fully saturated rings. The minimum absolute atomic E-state index is 0.0838. The van der Waals surface area contributed by atoms with Crippen LogP contribution in [-0.4, -0.2) is 22.8 Å². The molecule has 0 amide bonds. The molecule has 0 bridgehead atoms. The van der Waals surface area contributed by atoms with E-state index in [0.29, 0.717) is 35.2 Å². The Morgan fingerprint density at radius 1 is 0.466 bits per heavy atom. The fourth-order valence-electron chi connectivity index (χ4n) is 7.90. The molecule has 0 saturated heterocycles. The molecule has 284 valence electrons. The number of phenolic OH excluding ortho intramolecular Hbond substituents is 2. The quantitative estimate of drug-likeness (QED) is 0.170. The number of hydrogen-bond acceptors (Lipinski definition) is 6. The minimum atomic E-state index is -0.0838. The molecule has 0 unspecified atom stereocenters. The molecule has 0 atom stereocenters. The first kappa shape index (κ1) is 38.3. The zero-order chi connectivity index (χ0) is 40.6. The maximum Gasteiger partial charge on any atom is 0.154 e. The Morgan fingerprint density at radius 3 is 1.16 bits per heavy atom. The van der Waals surface area contributed by atoms with Crippen LogP contribution in [0.1, 0.15) is 31.8 Å². The van der Waals surface area contributed by atoms with Gasteiger partial charge in [-0.3, -0.25) is 9.59 Å². The van der Waals surface area contributed by atoms with Crippen molar-refractivity contribution in [1.82, 2.24) is 0 Å². The van der Waals surface area contributed by atoms with E-state index >= 15 is 0 Å². The van der Waals surface area contributed by atoms with Crippen molar-refractivity contribution in [2.45, 2.75) is 13.8 Å². The van der Waals surface area contributed by atoms with Crippen LogP contribution in [0.2, 0.25) is 0 Å². The molecule has 8 aromatic carbocycles. The van der Waals surface area contributed by atoms with Gasteiger partial charge < -0.3 is 19.0 Å². The second-order valence-corrected chi connectivity index (χ2v) is 17.1. The normalized spacial score (nSPS) is 11.6. The summed E-state index contributed by atoms with van der Waals surface area (Å²) in [4.78, 5) is 23.2. The van der Waals surface area contributed by atoms with Gasteiger partial charge in [-0.15, -0.1) is 0 Å². The van der Waals surface area contributed by atoms with E-state index in [-0.39, 0.29) is 22.6 Å². The lowest BCUT2D eigenvalue weighted by Gasteiger charge is -2.10. The standard InChI is InChI=1S/2C24H14Br2O3/c2*1-12-20(25)17-9-5-4-8-16(17)18-21(26)24(29-23(12)18)19-15-7-3-2-6-13(15)10-14(11-27)22(19)28/h2*2-11,28H,1H3. The van der Waals surface area contributed by atoms with Gasteiger partial charge in [0, 0.05) is 30.8 Å². The van der Waals surface area contributed by atoms with Gasteiger partial charge in [-0.25, -0.2) is 0 Å². The predicted octanol–water partition coefficient (Wildman–Crippen LogP) is 15.5. The summed E-state index contributed by atoms with van der Waals surface area (Å²) < 4.78 is 16.1. The van der Waals surface area contributed by atoms with Crippen LogP contribution >= 0.6 is 63.7 Å². The van der Waals surface area contributed by atoms with Crippen molar-refractivity contribution in [3.8, 4) is 34.1 Å². The molecule has 2 heterocycles. The van der Waals surface area contributed by atoms with E-state index in [4.69, 9.17) is 8.83 Å². The van der Waals surface area contributed by atoms with Gasteiger partial charge in [0.25, 0.3) is 0 Å². The van der Waals surface area contributed by atoms with Crippen molar-refractivity contribution >= 4 is 141 Å². The number of aromatic hydroxyl groups is 2. The molecular formula is C48H28Br4O6. The van der Waals surface area contributed by atoms with Crippen molar-refractivity contribution in [3.63, 3.8) is 0 Å². The second-order valence-electron chi connectivity index (χ2n) is 13.9. The monoisotopic (exact) mass is 1020 g/mol. The molecule has 0 aliphatic carbocycles. The predicted molar refractivity (Wildman–Crippen MR) is 248 cm³/mol. The zero-order valence-corrected chi connectivity index (χ0v) is 36.9. The molecule has 10 aromatic rings. The number of aldehydes is 2. The summed E-state index contributed by atoms with van der Waals surface area (Å²) in [5.74, 6) is 0.839. The summed E-state index contributed by atoms with van der Waals surface area (Å²) in [5.41, 5.74) is 4.89. The average molecular weight is 1020 g/mol. The van der Waals surface area contributed by atoms with Gasteiger partial charge >= 0.3 is 0 Å². The highest BCUT2D eigenvalue weighted by Crippen LogP contribution is 2.51. The number of hydrogen-bond donors (Lipinski definition) is 2. The van der Waals surface area contributed by atoms with E-state index in [1.807, 2.05) is 98.8 Å². The number of carbonyl (C=O) groups is 2. The summed E-state index contributed by atoms with van der Waals surface area (Å²) in [5, 5.41) is 31.3. The topological polar surface area (TPSA) is 101 Å². The summed E-state index contributed by atoms with van der Waals surface area (Å²) in [6, 6.07) is 34.8. The Morgan fingerprint density at radius 2 is 0.793 bits per heavy atom. The fraction of sp³-hybridized carbons (Fsp3) is 0.0417. The SMILES string of the molecule is Cc1c(Br)c2ccccc2c2c(Br)c(-c3c(O)c(C=O)cc4ccccc34)oc12.Cc1c(Br)c2ccccc2c2c(Br)c(-c3c(O)c(C=O)cc4ccccc34)oc12. The molecule has 0 aliphatic heterocycles. The summed E-state index contributed by atoms with van der Waals surface area (Å²) in [6.45, 7) is 4.00. The van der Waals surface area contributed by atoms with Gasteiger partial charge in [0.1, 0.15) is 22.7 Å². The van der Waals surface area contributed by atoms with Crippen molar-refractivity contribution in [2.24, 2.45) is 0 Å². The Kier molecular flexibility index (Phi) is 9.79. The van der Waals surface area contributed by atoms with Crippen LogP contribution < -0.4 is 0 Å². The lowest BCUT2D eigenvalue weighted by Crippen LogP contribution is -1.88. The first-order chi connectivity index (χ1) is 28.0. The van der Waals surface area contributed by atoms with E-state index in [9.17, 15) is 19.8 Å². The maximum atomic E-state index is 11.6. The molecule has 0 saturated carbocycles. The number of furan rings is 2. The van der Waals surface area contributed by atoms with Crippen LogP contribution in [0.3, 0.4) is 0 Å². The van der Waals surface area contributed by atoms with Gasteiger partial charge in [0.05, 0.1) is 31.2 Å². The highest BCUT2D eigenvalue weighted by Gasteiger charge is 2.27. The molecule has 0 spiro atoms. The van der Waals surface area contributed by atoms with E-state index in [1.165, 1.54) is 0 Å². The number of carbonyl (C=O) groups excluding carboxylic acids is 2. The Bertz CT molecular complexity index is 3150. The van der Waals surface area contributed by atoms with Gasteiger partial charge in [0.15, 0.2) is 24.1 Å². The number of phenols is 2. The zero-order valence-electron chi connectivity index (χ0n) is 30.6. The average Bonchev–Trinajstić information content (AvgIpc) is 3.78. The van der Waals surface area contributed by atoms with Crippen molar-refractivity contribution < 1.29 is 28.6 Å². The number of fused-ring (bicyclic) bond motifs is 8. The summed E-state index contributed by atoms with van der Waals surface area (Å²) in [6.07, 6.45) is 1.33. The summed E-state index contributed by atoms with van der Waals surface area (Å²) in [7, 11) is 0. The molecule has 58 heavy (non-hydrogen) atoms. The van der Waals surface area contributed by atoms with Crippen LogP contribution in [0.15, 0.2) is 136 Å². The molecular weight excluding hydrogens is 992 g/mol. The third-order valence-electron chi connectivity index (χ3n) is 10.7. The van der Waals surface area contributed by atoms with Crippen LogP contribution in [0.5, 0.6) is 11.5 Å². The van der Waals surface area contributed by atoms with Gasteiger partial charge in [0.2, 0.25) is 0 Å². The van der Waals surface area contributed by atoms with Gasteiger partial charge in [-0.05, 0) is 133 Å². The highest BCUT2D eigenvalue weighted by atomic mass is 79.9. The minimum Gasteiger partial charge on any atom is -0.506 e. The molecule has 0 radical (unpaired) electrons. The number of aryl methyl sites for hydroxylation is 2. The second kappa shape index (κ2) is 14.8. The smallest absolute Gasteiger partial charge is 0.154 e. The lowest BCUT2D eigenvalue weighted by molar-refractivity contribution is 0.111. The van der Waals surface area contributed by atoms with Gasteiger partial charge in [-0.2, -0.15) is 0 Å². The molecule has 10 heteroatoms.